The van der Waals surface area contributed by atoms with Crippen LogP contribution < -0.4 is 11.5 Å². The third kappa shape index (κ3) is 2.52. The van der Waals surface area contributed by atoms with Crippen molar-refractivity contribution in [1.29, 1.82) is 0 Å². The highest BCUT2D eigenvalue weighted by Crippen LogP contribution is 2.14. The van der Waals surface area contributed by atoms with Crippen LogP contribution in [0.15, 0.2) is 24.3 Å². The lowest BCUT2D eigenvalue weighted by Gasteiger charge is -2.11. The van der Waals surface area contributed by atoms with E-state index in [1.807, 2.05) is 24.3 Å². The number of aliphatic hydroxyl groups excluding tert-OH is 2. The lowest BCUT2D eigenvalue weighted by Crippen LogP contribution is -2.16. The highest BCUT2D eigenvalue weighted by molar-refractivity contribution is 5.26. The van der Waals surface area contributed by atoms with Crippen molar-refractivity contribution in [2.45, 2.75) is 12.1 Å². The van der Waals surface area contributed by atoms with Crippen molar-refractivity contribution < 1.29 is 10.2 Å². The van der Waals surface area contributed by atoms with Gasteiger partial charge in [0.2, 0.25) is 0 Å². The molecule has 78 valence electrons. The largest absolute Gasteiger partial charge is 0.394 e. The van der Waals surface area contributed by atoms with Crippen LogP contribution in [0.1, 0.15) is 23.2 Å². The maximum Gasteiger partial charge on any atom is 0.0624 e. The molecule has 2 atom stereocenters. The lowest BCUT2D eigenvalue weighted by atomic mass is 10.0. The summed E-state index contributed by atoms with van der Waals surface area (Å²) in [6.45, 7) is -0.156. The first-order valence-electron chi connectivity index (χ1n) is 4.51. The summed E-state index contributed by atoms with van der Waals surface area (Å²) in [7, 11) is 0. The molecule has 4 heteroatoms. The van der Waals surface area contributed by atoms with Gasteiger partial charge in [-0.1, -0.05) is 24.3 Å². The maximum absolute atomic E-state index is 8.82. The van der Waals surface area contributed by atoms with Gasteiger partial charge in [0.25, 0.3) is 0 Å². The summed E-state index contributed by atoms with van der Waals surface area (Å²) in [5.74, 6) is 0. The highest BCUT2D eigenvalue weighted by Gasteiger charge is 2.06. The Morgan fingerprint density at radius 1 is 0.857 bits per heavy atom. The Kier molecular flexibility index (Phi) is 4.03. The van der Waals surface area contributed by atoms with Crippen molar-refractivity contribution in [3.63, 3.8) is 0 Å². The Morgan fingerprint density at radius 3 is 1.36 bits per heavy atom. The molecule has 0 fully saturated rings. The van der Waals surface area contributed by atoms with Crippen LogP contribution in [0.5, 0.6) is 0 Å². The van der Waals surface area contributed by atoms with Gasteiger partial charge in [-0.2, -0.15) is 0 Å². The minimum absolute atomic E-state index is 0.0780. The monoisotopic (exact) mass is 196 g/mol. The van der Waals surface area contributed by atoms with Gasteiger partial charge in [-0.25, -0.2) is 0 Å². The molecule has 0 amide bonds. The van der Waals surface area contributed by atoms with Gasteiger partial charge in [-0.05, 0) is 11.1 Å². The minimum Gasteiger partial charge on any atom is -0.394 e. The number of benzene rings is 1. The van der Waals surface area contributed by atoms with Gasteiger partial charge < -0.3 is 21.7 Å². The Labute approximate surface area is 83.2 Å². The van der Waals surface area contributed by atoms with E-state index in [9.17, 15) is 0 Å². The van der Waals surface area contributed by atoms with E-state index >= 15 is 0 Å². The minimum atomic E-state index is -0.352. The molecule has 0 saturated heterocycles. The first kappa shape index (κ1) is 11.1. The van der Waals surface area contributed by atoms with Crippen molar-refractivity contribution in [1.82, 2.24) is 0 Å². The van der Waals surface area contributed by atoms with E-state index in [4.69, 9.17) is 21.7 Å². The summed E-state index contributed by atoms with van der Waals surface area (Å²) < 4.78 is 0. The maximum atomic E-state index is 8.82. The molecule has 14 heavy (non-hydrogen) atoms. The molecule has 0 bridgehead atoms. The molecule has 4 nitrogen and oxygen atoms in total. The molecule has 2 unspecified atom stereocenters. The first-order chi connectivity index (χ1) is 6.69. The molecule has 0 aliphatic heterocycles. The predicted octanol–water partition coefficient (Wildman–Crippen LogP) is -0.329. The second-order valence-corrected chi connectivity index (χ2v) is 3.24. The van der Waals surface area contributed by atoms with Crippen molar-refractivity contribution in [2.75, 3.05) is 13.2 Å². The average Bonchev–Trinajstić information content (AvgIpc) is 2.27. The Hall–Kier alpha value is -0.940. The molecule has 0 heterocycles. The summed E-state index contributed by atoms with van der Waals surface area (Å²) in [6.07, 6.45) is 0. The summed E-state index contributed by atoms with van der Waals surface area (Å²) in [4.78, 5) is 0. The van der Waals surface area contributed by atoms with E-state index < -0.39 is 0 Å². The highest BCUT2D eigenvalue weighted by atomic mass is 16.3. The van der Waals surface area contributed by atoms with Gasteiger partial charge in [0.15, 0.2) is 0 Å². The Morgan fingerprint density at radius 2 is 1.14 bits per heavy atom. The molecule has 1 rings (SSSR count). The van der Waals surface area contributed by atoms with E-state index in [0.29, 0.717) is 0 Å². The van der Waals surface area contributed by atoms with Crippen molar-refractivity contribution in [2.24, 2.45) is 11.5 Å². The van der Waals surface area contributed by atoms with E-state index in [0.717, 1.165) is 11.1 Å². The van der Waals surface area contributed by atoms with Crippen LogP contribution in [-0.2, 0) is 0 Å². The second kappa shape index (κ2) is 5.07. The summed E-state index contributed by atoms with van der Waals surface area (Å²) in [6, 6.07) is 6.54. The molecular weight excluding hydrogens is 180 g/mol. The van der Waals surface area contributed by atoms with Crippen LogP contribution in [-0.4, -0.2) is 23.4 Å². The molecule has 0 aromatic heterocycles. The van der Waals surface area contributed by atoms with E-state index in [2.05, 4.69) is 0 Å². The molecule has 0 aliphatic carbocycles. The SMILES string of the molecule is NC(CO)c1ccc(C(N)CO)cc1. The van der Waals surface area contributed by atoms with Crippen LogP contribution >= 0.6 is 0 Å². The number of nitrogens with two attached hydrogens (primary N) is 2. The molecule has 1 aromatic rings. The molecule has 6 N–H and O–H groups in total. The normalized spacial score (nSPS) is 15.1. The number of rotatable bonds is 4. The zero-order chi connectivity index (χ0) is 10.6. The third-order valence-corrected chi connectivity index (χ3v) is 2.19. The zero-order valence-electron chi connectivity index (χ0n) is 7.93. The van der Waals surface area contributed by atoms with Crippen LogP contribution in [0.2, 0.25) is 0 Å². The average molecular weight is 196 g/mol. The van der Waals surface area contributed by atoms with Crippen molar-refractivity contribution in [3.8, 4) is 0 Å². The van der Waals surface area contributed by atoms with Crippen molar-refractivity contribution >= 4 is 0 Å². The smallest absolute Gasteiger partial charge is 0.0624 e. The fourth-order valence-corrected chi connectivity index (χ4v) is 1.20. The van der Waals surface area contributed by atoms with Crippen molar-refractivity contribution in [3.05, 3.63) is 35.4 Å². The molecule has 0 aliphatic rings. The standard InChI is InChI=1S/C10H16N2O2/c11-9(5-13)7-1-2-8(4-3-7)10(12)6-14/h1-4,9-10,13-14H,5-6,11-12H2. The second-order valence-electron chi connectivity index (χ2n) is 3.24. The molecule has 0 saturated carbocycles. The van der Waals surface area contributed by atoms with Gasteiger partial charge in [0.05, 0.1) is 25.3 Å². The van der Waals surface area contributed by atoms with Gasteiger partial charge in [-0.3, -0.25) is 0 Å². The summed E-state index contributed by atoms with van der Waals surface area (Å²) in [5, 5.41) is 17.6. The number of aliphatic hydroxyl groups is 2. The van der Waals surface area contributed by atoms with Gasteiger partial charge in [0.1, 0.15) is 0 Å². The Balaban J connectivity index is 2.78. The third-order valence-electron chi connectivity index (χ3n) is 2.19. The Bertz CT molecular complexity index is 245. The zero-order valence-corrected chi connectivity index (χ0v) is 7.93. The van der Waals surface area contributed by atoms with E-state index in [-0.39, 0.29) is 25.3 Å². The molecule has 0 spiro atoms. The van der Waals surface area contributed by atoms with Gasteiger partial charge in [0, 0.05) is 0 Å². The fourth-order valence-electron chi connectivity index (χ4n) is 1.20. The van der Waals surface area contributed by atoms with E-state index in [1.165, 1.54) is 0 Å². The van der Waals surface area contributed by atoms with Crippen LogP contribution in [0.4, 0.5) is 0 Å². The molecular formula is C10H16N2O2. The van der Waals surface area contributed by atoms with E-state index in [1.54, 1.807) is 0 Å². The van der Waals surface area contributed by atoms with Crippen LogP contribution in [0.3, 0.4) is 0 Å². The predicted molar refractivity (Wildman–Crippen MR) is 54.5 cm³/mol. The quantitative estimate of drug-likeness (QED) is 0.530. The first-order valence-corrected chi connectivity index (χ1v) is 4.51. The van der Waals surface area contributed by atoms with Gasteiger partial charge >= 0.3 is 0 Å². The summed E-state index contributed by atoms with van der Waals surface area (Å²) >= 11 is 0. The number of hydrogen-bond acceptors (Lipinski definition) is 4. The van der Waals surface area contributed by atoms with Gasteiger partial charge in [-0.15, -0.1) is 0 Å². The van der Waals surface area contributed by atoms with Crippen LogP contribution in [0, 0.1) is 0 Å². The lowest BCUT2D eigenvalue weighted by molar-refractivity contribution is 0.266. The molecule has 0 radical (unpaired) electrons. The number of hydrogen-bond donors (Lipinski definition) is 4. The van der Waals surface area contributed by atoms with Crippen LogP contribution in [0.25, 0.3) is 0 Å². The fraction of sp³-hybridized carbons (Fsp3) is 0.400. The molecule has 1 aromatic carbocycles. The topological polar surface area (TPSA) is 92.5 Å². The summed E-state index contributed by atoms with van der Waals surface area (Å²) in [5.41, 5.74) is 13.0.